The average Bonchev–Trinajstić information content (AvgIpc) is 2.60. The van der Waals surface area contributed by atoms with Crippen LogP contribution < -0.4 is 4.74 Å². The standard InChI is InChI=1S/C21H26ClFO2/c1-13(2)21(24,14(3)4)19-10-15(12-22)6-8-17(19)18-11-16(25-5)7-9-20(18)23/h6-11,13-14,24H,12H2,1-5H3. The number of hydrogen-bond donors (Lipinski definition) is 1. The van der Waals surface area contributed by atoms with Gasteiger partial charge in [0.05, 0.1) is 12.7 Å². The van der Waals surface area contributed by atoms with Crippen molar-refractivity contribution in [1.82, 2.24) is 0 Å². The van der Waals surface area contributed by atoms with Gasteiger partial charge in [-0.2, -0.15) is 0 Å². The molecule has 2 rings (SSSR count). The van der Waals surface area contributed by atoms with Crippen LogP contribution in [-0.4, -0.2) is 12.2 Å². The van der Waals surface area contributed by atoms with E-state index in [9.17, 15) is 9.50 Å². The predicted octanol–water partition coefficient (Wildman–Crippen LogP) is 5.74. The van der Waals surface area contributed by atoms with E-state index in [0.717, 1.165) is 5.56 Å². The van der Waals surface area contributed by atoms with Crippen LogP contribution in [-0.2, 0) is 11.5 Å². The zero-order chi connectivity index (χ0) is 18.8. The topological polar surface area (TPSA) is 29.5 Å². The second-order valence-corrected chi connectivity index (χ2v) is 7.26. The minimum atomic E-state index is -1.10. The van der Waals surface area contributed by atoms with E-state index >= 15 is 0 Å². The Labute approximate surface area is 154 Å². The molecule has 2 aromatic rings. The molecule has 4 heteroatoms. The van der Waals surface area contributed by atoms with Gasteiger partial charge < -0.3 is 9.84 Å². The molecule has 0 saturated carbocycles. The molecular weight excluding hydrogens is 339 g/mol. The number of aliphatic hydroxyl groups is 1. The molecule has 0 aromatic heterocycles. The van der Waals surface area contributed by atoms with Crippen molar-refractivity contribution < 1.29 is 14.2 Å². The number of methoxy groups -OCH3 is 1. The Bertz CT molecular complexity index is 733. The number of alkyl halides is 1. The Morgan fingerprint density at radius 3 is 2.20 bits per heavy atom. The fourth-order valence-corrected chi connectivity index (χ4v) is 3.53. The van der Waals surface area contributed by atoms with E-state index < -0.39 is 5.60 Å². The van der Waals surface area contributed by atoms with Gasteiger partial charge in [0.15, 0.2) is 0 Å². The van der Waals surface area contributed by atoms with Crippen LogP contribution >= 0.6 is 11.6 Å². The van der Waals surface area contributed by atoms with Crippen molar-refractivity contribution in [2.75, 3.05) is 7.11 Å². The van der Waals surface area contributed by atoms with E-state index in [2.05, 4.69) is 0 Å². The molecule has 0 bridgehead atoms. The molecule has 2 aromatic carbocycles. The summed E-state index contributed by atoms with van der Waals surface area (Å²) >= 11 is 6.01. The molecule has 0 aliphatic carbocycles. The van der Waals surface area contributed by atoms with Crippen molar-refractivity contribution in [2.24, 2.45) is 11.8 Å². The lowest BCUT2D eigenvalue weighted by molar-refractivity contribution is -0.0526. The first-order valence-electron chi connectivity index (χ1n) is 8.51. The van der Waals surface area contributed by atoms with Crippen LogP contribution in [0, 0.1) is 17.7 Å². The first kappa shape index (κ1) is 19.7. The maximum Gasteiger partial charge on any atom is 0.131 e. The fraction of sp³-hybridized carbons (Fsp3) is 0.429. The molecule has 0 spiro atoms. The summed E-state index contributed by atoms with van der Waals surface area (Å²) in [4.78, 5) is 0. The number of benzene rings is 2. The molecule has 0 amide bonds. The molecule has 0 heterocycles. The number of rotatable bonds is 6. The highest BCUT2D eigenvalue weighted by molar-refractivity contribution is 6.17. The van der Waals surface area contributed by atoms with Crippen LogP contribution in [0.5, 0.6) is 5.75 Å². The van der Waals surface area contributed by atoms with Crippen molar-refractivity contribution in [3.05, 3.63) is 53.3 Å². The smallest absolute Gasteiger partial charge is 0.131 e. The van der Waals surface area contributed by atoms with Gasteiger partial charge in [0, 0.05) is 11.4 Å². The van der Waals surface area contributed by atoms with E-state index in [1.54, 1.807) is 19.2 Å². The van der Waals surface area contributed by atoms with Crippen LogP contribution in [0.2, 0.25) is 0 Å². The molecule has 136 valence electrons. The minimum absolute atomic E-state index is 0.0505. The molecule has 0 radical (unpaired) electrons. The van der Waals surface area contributed by atoms with Gasteiger partial charge in [0.25, 0.3) is 0 Å². The Morgan fingerprint density at radius 1 is 1.04 bits per heavy atom. The normalized spacial score (nSPS) is 12.1. The predicted molar refractivity (Wildman–Crippen MR) is 102 cm³/mol. The molecule has 0 aliphatic heterocycles. The second kappa shape index (κ2) is 7.76. The fourth-order valence-electron chi connectivity index (χ4n) is 3.37. The Morgan fingerprint density at radius 2 is 1.68 bits per heavy atom. The quantitative estimate of drug-likeness (QED) is 0.662. The Kier molecular flexibility index (Phi) is 6.12. The van der Waals surface area contributed by atoms with Gasteiger partial charge in [-0.05, 0) is 46.7 Å². The lowest BCUT2D eigenvalue weighted by Gasteiger charge is -2.38. The van der Waals surface area contributed by atoms with Gasteiger partial charge in [0.2, 0.25) is 0 Å². The van der Waals surface area contributed by atoms with Gasteiger partial charge in [-0.15, -0.1) is 11.6 Å². The van der Waals surface area contributed by atoms with E-state index in [-0.39, 0.29) is 17.7 Å². The highest BCUT2D eigenvalue weighted by atomic mass is 35.5. The summed E-state index contributed by atoms with van der Waals surface area (Å²) < 4.78 is 19.8. The molecular formula is C21H26ClFO2. The molecule has 0 aliphatic rings. The van der Waals surface area contributed by atoms with Crippen LogP contribution in [0.15, 0.2) is 36.4 Å². The van der Waals surface area contributed by atoms with Crippen LogP contribution in [0.25, 0.3) is 11.1 Å². The van der Waals surface area contributed by atoms with Gasteiger partial charge in [-0.3, -0.25) is 0 Å². The molecule has 0 atom stereocenters. The first-order valence-corrected chi connectivity index (χ1v) is 9.04. The SMILES string of the molecule is COc1ccc(F)c(-c2ccc(CCl)cc2C(O)(C(C)C)C(C)C)c1. The van der Waals surface area contributed by atoms with Gasteiger partial charge in [-0.25, -0.2) is 4.39 Å². The highest BCUT2D eigenvalue weighted by Gasteiger charge is 2.39. The van der Waals surface area contributed by atoms with Crippen molar-refractivity contribution in [1.29, 1.82) is 0 Å². The summed E-state index contributed by atoms with van der Waals surface area (Å²) in [5, 5.41) is 11.5. The first-order chi connectivity index (χ1) is 11.7. The third kappa shape index (κ3) is 3.68. The van der Waals surface area contributed by atoms with Crippen LogP contribution in [0.4, 0.5) is 4.39 Å². The number of hydrogen-bond acceptors (Lipinski definition) is 2. The van der Waals surface area contributed by atoms with Gasteiger partial charge >= 0.3 is 0 Å². The molecule has 1 N–H and O–H groups in total. The summed E-state index contributed by atoms with van der Waals surface area (Å²) in [7, 11) is 1.55. The number of ether oxygens (including phenoxy) is 1. The van der Waals surface area contributed by atoms with E-state index in [1.165, 1.54) is 6.07 Å². The van der Waals surface area contributed by atoms with Crippen molar-refractivity contribution >= 4 is 11.6 Å². The lowest BCUT2D eigenvalue weighted by atomic mass is 9.72. The van der Waals surface area contributed by atoms with Crippen LogP contribution in [0.3, 0.4) is 0 Å². The Hall–Kier alpha value is -1.58. The maximum atomic E-state index is 14.6. The molecule has 0 fully saturated rings. The second-order valence-electron chi connectivity index (χ2n) is 6.99. The van der Waals surface area contributed by atoms with Gasteiger partial charge in [0.1, 0.15) is 11.6 Å². The van der Waals surface area contributed by atoms with Crippen LogP contribution in [0.1, 0.15) is 38.8 Å². The molecule has 25 heavy (non-hydrogen) atoms. The zero-order valence-electron chi connectivity index (χ0n) is 15.4. The largest absolute Gasteiger partial charge is 0.497 e. The average molecular weight is 365 g/mol. The third-order valence-corrected chi connectivity index (χ3v) is 5.20. The summed E-state index contributed by atoms with van der Waals surface area (Å²) in [6.07, 6.45) is 0. The maximum absolute atomic E-state index is 14.6. The lowest BCUT2D eigenvalue weighted by Crippen LogP contribution is -2.38. The van der Waals surface area contributed by atoms with E-state index in [4.69, 9.17) is 16.3 Å². The van der Waals surface area contributed by atoms with Crippen molar-refractivity contribution in [3.8, 4) is 16.9 Å². The van der Waals surface area contributed by atoms with Gasteiger partial charge in [-0.1, -0.05) is 45.9 Å². The van der Waals surface area contributed by atoms with Crippen molar-refractivity contribution in [2.45, 2.75) is 39.2 Å². The minimum Gasteiger partial charge on any atom is -0.497 e. The molecule has 0 unspecified atom stereocenters. The summed E-state index contributed by atoms with van der Waals surface area (Å²) in [5.74, 6) is 0.452. The summed E-state index contributed by atoms with van der Waals surface area (Å²) in [6.45, 7) is 7.89. The zero-order valence-corrected chi connectivity index (χ0v) is 16.2. The summed E-state index contributed by atoms with van der Waals surface area (Å²) in [5.41, 5.74) is 1.56. The molecule has 2 nitrogen and oxygen atoms in total. The van der Waals surface area contributed by atoms with Crippen molar-refractivity contribution in [3.63, 3.8) is 0 Å². The van der Waals surface area contributed by atoms with E-state index in [0.29, 0.717) is 28.3 Å². The molecule has 0 saturated heterocycles. The Balaban J connectivity index is 2.80. The third-order valence-electron chi connectivity index (χ3n) is 4.89. The van der Waals surface area contributed by atoms with E-state index in [1.807, 2.05) is 45.9 Å². The monoisotopic (exact) mass is 364 g/mol. The summed E-state index contributed by atoms with van der Waals surface area (Å²) in [6, 6.07) is 10.2. The number of halogens is 2. The highest BCUT2D eigenvalue weighted by Crippen LogP contribution is 2.43.